The number of rotatable bonds is 8. The molecule has 2 rings (SSSR count). The van der Waals surface area contributed by atoms with Gasteiger partial charge in [-0.15, -0.1) is 0 Å². The molecule has 12 heteroatoms. The lowest BCUT2D eigenvalue weighted by molar-refractivity contribution is -0.384. The highest BCUT2D eigenvalue weighted by Crippen LogP contribution is 2.12. The van der Waals surface area contributed by atoms with Crippen molar-refractivity contribution < 1.29 is 33.2 Å². The lowest BCUT2D eigenvalue weighted by Gasteiger charge is -2.08. The Kier molecular flexibility index (Phi) is 8.13. The maximum absolute atomic E-state index is 13.4. The zero-order valence-electron chi connectivity index (χ0n) is 15.9. The van der Waals surface area contributed by atoms with Gasteiger partial charge in [0.25, 0.3) is 17.5 Å². The Morgan fingerprint density at radius 3 is 2.35 bits per heavy atom. The van der Waals surface area contributed by atoms with Gasteiger partial charge in [0.2, 0.25) is 0 Å². The number of carbonyl (C=O) groups excluding carboxylic acids is 4. The van der Waals surface area contributed by atoms with Crippen LogP contribution in [0.25, 0.3) is 0 Å². The number of amides is 4. The minimum Gasteiger partial charge on any atom is -0.456 e. The van der Waals surface area contributed by atoms with Crippen molar-refractivity contribution in [2.24, 2.45) is 0 Å². The number of nitrogens with one attached hydrogen (secondary N) is 3. The summed E-state index contributed by atoms with van der Waals surface area (Å²) in [5.41, 5.74) is -0.131. The summed E-state index contributed by atoms with van der Waals surface area (Å²) in [6, 6.07) is 9.21. The Morgan fingerprint density at radius 2 is 1.71 bits per heavy atom. The molecule has 0 aromatic heterocycles. The number of imide groups is 1. The number of carbonyl (C=O) groups is 4. The summed E-state index contributed by atoms with van der Waals surface area (Å²) in [5, 5.41) is 17.0. The fraction of sp³-hybridized carbons (Fsp3) is 0.158. The topological polar surface area (TPSA) is 157 Å². The third-order valence-electron chi connectivity index (χ3n) is 3.69. The number of esters is 1. The van der Waals surface area contributed by atoms with Crippen LogP contribution in [0.1, 0.15) is 16.8 Å². The summed E-state index contributed by atoms with van der Waals surface area (Å²) in [5.74, 6) is -2.98. The molecule has 0 spiro atoms. The Balaban J connectivity index is 1.66. The third-order valence-corrected chi connectivity index (χ3v) is 3.69. The molecule has 0 aliphatic heterocycles. The maximum Gasteiger partial charge on any atom is 0.326 e. The van der Waals surface area contributed by atoms with E-state index < -0.39 is 41.2 Å². The van der Waals surface area contributed by atoms with Gasteiger partial charge in [0.05, 0.1) is 17.0 Å². The lowest BCUT2D eigenvalue weighted by atomic mass is 10.2. The molecule has 0 unspecified atom stereocenters. The van der Waals surface area contributed by atoms with E-state index in [1.54, 1.807) is 0 Å². The molecule has 0 saturated heterocycles. The number of para-hydroxylation sites is 1. The number of benzene rings is 2. The molecular weight excluding hydrogens is 415 g/mol. The fourth-order valence-electron chi connectivity index (χ4n) is 2.21. The number of urea groups is 1. The average Bonchev–Trinajstić information content (AvgIpc) is 2.74. The summed E-state index contributed by atoms with van der Waals surface area (Å²) in [6.45, 7) is -0.857. The summed E-state index contributed by atoms with van der Waals surface area (Å²) < 4.78 is 18.1. The SMILES string of the molecule is O=C(COC(=O)CCNC(=O)c1ccc([N+](=O)[O-])cc1)NC(=O)Nc1ccccc1F. The van der Waals surface area contributed by atoms with Crippen LogP contribution in [0.2, 0.25) is 0 Å². The Hall–Kier alpha value is -4.35. The zero-order valence-corrected chi connectivity index (χ0v) is 15.9. The molecule has 162 valence electrons. The molecule has 0 aliphatic carbocycles. The van der Waals surface area contributed by atoms with Gasteiger partial charge in [0.1, 0.15) is 5.82 Å². The molecular formula is C19H17FN4O7. The van der Waals surface area contributed by atoms with E-state index in [0.717, 1.165) is 6.07 Å². The number of anilines is 1. The largest absolute Gasteiger partial charge is 0.456 e. The second kappa shape index (κ2) is 11.0. The van der Waals surface area contributed by atoms with Crippen LogP contribution in [0, 0.1) is 15.9 Å². The number of nitrogens with zero attached hydrogens (tertiary/aromatic N) is 1. The summed E-state index contributed by atoms with van der Waals surface area (Å²) in [6.07, 6.45) is -0.257. The first kappa shape index (κ1) is 22.9. The van der Waals surface area contributed by atoms with Crippen molar-refractivity contribution in [3.63, 3.8) is 0 Å². The van der Waals surface area contributed by atoms with Crippen molar-refractivity contribution in [1.29, 1.82) is 0 Å². The monoisotopic (exact) mass is 432 g/mol. The molecule has 0 atom stereocenters. The smallest absolute Gasteiger partial charge is 0.326 e. The second-order valence-corrected chi connectivity index (χ2v) is 5.95. The molecule has 3 N–H and O–H groups in total. The molecule has 2 aromatic carbocycles. The van der Waals surface area contributed by atoms with Crippen molar-refractivity contribution in [2.75, 3.05) is 18.5 Å². The summed E-state index contributed by atoms with van der Waals surface area (Å²) in [4.78, 5) is 56.7. The van der Waals surface area contributed by atoms with Crippen molar-refractivity contribution in [1.82, 2.24) is 10.6 Å². The van der Waals surface area contributed by atoms with Gasteiger partial charge in [-0.05, 0) is 24.3 Å². The normalized spacial score (nSPS) is 9.97. The van der Waals surface area contributed by atoms with Gasteiger partial charge in [-0.1, -0.05) is 12.1 Å². The van der Waals surface area contributed by atoms with E-state index in [0.29, 0.717) is 0 Å². The van der Waals surface area contributed by atoms with E-state index in [9.17, 15) is 33.7 Å². The number of halogens is 1. The third kappa shape index (κ3) is 7.53. The molecule has 0 bridgehead atoms. The zero-order chi connectivity index (χ0) is 22.8. The lowest BCUT2D eigenvalue weighted by Crippen LogP contribution is -2.37. The summed E-state index contributed by atoms with van der Waals surface area (Å²) in [7, 11) is 0. The maximum atomic E-state index is 13.4. The number of non-ortho nitro benzene ring substituents is 1. The van der Waals surface area contributed by atoms with Gasteiger partial charge in [-0.3, -0.25) is 29.8 Å². The van der Waals surface area contributed by atoms with Crippen LogP contribution in [0.3, 0.4) is 0 Å². The van der Waals surface area contributed by atoms with Gasteiger partial charge in [0.15, 0.2) is 6.61 Å². The van der Waals surface area contributed by atoms with Crippen LogP contribution in [0.4, 0.5) is 20.6 Å². The molecule has 0 fully saturated rings. The molecule has 2 aromatic rings. The highest BCUT2D eigenvalue weighted by molar-refractivity contribution is 6.02. The van der Waals surface area contributed by atoms with Crippen LogP contribution in [-0.4, -0.2) is 41.9 Å². The van der Waals surface area contributed by atoms with Gasteiger partial charge in [-0.2, -0.15) is 0 Å². The molecule has 0 aliphatic rings. The molecule has 31 heavy (non-hydrogen) atoms. The molecule has 4 amide bonds. The van der Waals surface area contributed by atoms with E-state index in [2.05, 4.69) is 15.4 Å². The van der Waals surface area contributed by atoms with Crippen LogP contribution in [0.5, 0.6) is 0 Å². The van der Waals surface area contributed by atoms with Crippen molar-refractivity contribution >= 4 is 35.2 Å². The highest BCUT2D eigenvalue weighted by atomic mass is 19.1. The van der Waals surface area contributed by atoms with Gasteiger partial charge >= 0.3 is 12.0 Å². The second-order valence-electron chi connectivity index (χ2n) is 5.95. The van der Waals surface area contributed by atoms with E-state index in [1.807, 2.05) is 5.32 Å². The first-order valence-corrected chi connectivity index (χ1v) is 8.80. The van der Waals surface area contributed by atoms with E-state index in [-0.39, 0.29) is 29.9 Å². The number of ether oxygens (including phenoxy) is 1. The Morgan fingerprint density at radius 1 is 1.03 bits per heavy atom. The van der Waals surface area contributed by atoms with Crippen LogP contribution >= 0.6 is 0 Å². The predicted octanol–water partition coefficient (Wildman–Crippen LogP) is 1.75. The number of hydrogen-bond acceptors (Lipinski definition) is 7. The molecule has 0 radical (unpaired) electrons. The molecule has 11 nitrogen and oxygen atoms in total. The minimum absolute atomic E-state index is 0.107. The fourth-order valence-corrected chi connectivity index (χ4v) is 2.21. The van der Waals surface area contributed by atoms with E-state index >= 15 is 0 Å². The van der Waals surface area contributed by atoms with Crippen LogP contribution in [-0.2, 0) is 14.3 Å². The number of nitro groups is 1. The van der Waals surface area contributed by atoms with Crippen LogP contribution in [0.15, 0.2) is 48.5 Å². The van der Waals surface area contributed by atoms with Gasteiger partial charge in [-0.25, -0.2) is 9.18 Å². The predicted molar refractivity (Wildman–Crippen MR) is 105 cm³/mol. The van der Waals surface area contributed by atoms with Crippen LogP contribution < -0.4 is 16.0 Å². The van der Waals surface area contributed by atoms with Gasteiger partial charge in [0, 0.05) is 24.2 Å². The standard InChI is InChI=1S/C19H17FN4O7/c20-14-3-1-2-4-15(14)22-19(28)23-16(25)11-31-17(26)9-10-21-18(27)12-5-7-13(8-6-12)24(29)30/h1-8H,9-11H2,(H,21,27)(H2,22,23,25,28). The van der Waals surface area contributed by atoms with Crippen molar-refractivity contribution in [3.05, 3.63) is 70.0 Å². The Bertz CT molecular complexity index is 995. The van der Waals surface area contributed by atoms with E-state index in [4.69, 9.17) is 0 Å². The van der Waals surface area contributed by atoms with Crippen molar-refractivity contribution in [3.8, 4) is 0 Å². The Labute approximate surface area is 174 Å². The molecule has 0 heterocycles. The number of nitro benzene ring substituents is 1. The number of hydrogen-bond donors (Lipinski definition) is 3. The van der Waals surface area contributed by atoms with E-state index in [1.165, 1.54) is 42.5 Å². The van der Waals surface area contributed by atoms with Crippen molar-refractivity contribution in [2.45, 2.75) is 6.42 Å². The minimum atomic E-state index is -0.999. The summed E-state index contributed by atoms with van der Waals surface area (Å²) >= 11 is 0. The quantitative estimate of drug-likeness (QED) is 0.326. The average molecular weight is 432 g/mol. The highest BCUT2D eigenvalue weighted by Gasteiger charge is 2.13. The first-order valence-electron chi connectivity index (χ1n) is 8.80. The van der Waals surface area contributed by atoms with Gasteiger partial charge < -0.3 is 15.4 Å². The molecule has 0 saturated carbocycles. The first-order chi connectivity index (χ1) is 14.8.